The molecule has 3 aromatic rings. The predicted octanol–water partition coefficient (Wildman–Crippen LogP) is 3.11. The van der Waals surface area contributed by atoms with Gasteiger partial charge in [-0.25, -0.2) is 23.6 Å². The second-order valence-corrected chi connectivity index (χ2v) is 9.49. The summed E-state index contributed by atoms with van der Waals surface area (Å²) < 4.78 is 54.5. The minimum Gasteiger partial charge on any atom is -0.351 e. The smallest absolute Gasteiger partial charge is 0.351 e. The largest absolute Gasteiger partial charge is 0.405 e. The van der Waals surface area contributed by atoms with Crippen LogP contribution in [0.3, 0.4) is 0 Å². The van der Waals surface area contributed by atoms with Gasteiger partial charge < -0.3 is 15.6 Å². The molecule has 1 amide bonds. The summed E-state index contributed by atoms with van der Waals surface area (Å²) in [4.78, 5) is 28.2. The molecule has 8 nitrogen and oxygen atoms in total. The lowest BCUT2D eigenvalue weighted by molar-refractivity contribution is -0.143. The summed E-state index contributed by atoms with van der Waals surface area (Å²) in [6.07, 6.45) is 1.79. The summed E-state index contributed by atoms with van der Waals surface area (Å²) in [6.45, 7) is -1.23. The Morgan fingerprint density at radius 1 is 1.30 bits per heavy atom. The van der Waals surface area contributed by atoms with Crippen LogP contribution in [-0.4, -0.2) is 66.7 Å². The Morgan fingerprint density at radius 3 is 2.82 bits per heavy atom. The minimum absolute atomic E-state index is 0.119. The number of halogens is 4. The van der Waals surface area contributed by atoms with Crippen molar-refractivity contribution in [3.05, 3.63) is 36.5 Å². The molecule has 33 heavy (non-hydrogen) atoms. The van der Waals surface area contributed by atoms with Gasteiger partial charge in [0, 0.05) is 41.7 Å². The van der Waals surface area contributed by atoms with Crippen LogP contribution in [0.15, 0.2) is 30.7 Å². The van der Waals surface area contributed by atoms with Crippen LogP contribution in [0.2, 0.25) is 0 Å². The number of fused-ring (bicyclic) bond motifs is 1. The highest BCUT2D eigenvalue weighted by Gasteiger charge is 2.52. The second-order valence-electron chi connectivity index (χ2n) is 8.10. The molecule has 1 aliphatic carbocycles. The highest BCUT2D eigenvalue weighted by Crippen LogP contribution is 2.42. The lowest BCUT2D eigenvalue weighted by Crippen LogP contribution is -2.71. The topological polar surface area (TPSA) is 98.8 Å². The average Bonchev–Trinajstić information content (AvgIpc) is 3.47. The van der Waals surface area contributed by atoms with Crippen LogP contribution >= 0.6 is 11.9 Å². The molecule has 3 N–H and O–H groups in total. The summed E-state index contributed by atoms with van der Waals surface area (Å²) in [5.41, 5.74) is -0.262. The van der Waals surface area contributed by atoms with Crippen LogP contribution in [0, 0.1) is 5.82 Å². The molecule has 13 heteroatoms. The number of aromatic amines is 1. The maximum Gasteiger partial charge on any atom is 0.405 e. The van der Waals surface area contributed by atoms with Crippen molar-refractivity contribution in [2.75, 3.05) is 25.0 Å². The molecule has 0 bridgehead atoms. The fourth-order valence-corrected chi connectivity index (χ4v) is 4.95. The molecule has 1 aliphatic heterocycles. The Bertz CT molecular complexity index is 1190. The van der Waals surface area contributed by atoms with Crippen LogP contribution < -0.4 is 10.6 Å². The molecule has 0 atom stereocenters. The fourth-order valence-electron chi connectivity index (χ4n) is 3.60. The molecule has 0 spiro atoms. The number of carbonyl (C=O) groups excluding carboxylic acids is 1. The first-order chi connectivity index (χ1) is 15.7. The summed E-state index contributed by atoms with van der Waals surface area (Å²) in [6, 6.07) is 3.54. The van der Waals surface area contributed by atoms with Crippen LogP contribution in [0.5, 0.6) is 0 Å². The van der Waals surface area contributed by atoms with Gasteiger partial charge in [0.2, 0.25) is 5.91 Å². The van der Waals surface area contributed by atoms with Crippen molar-refractivity contribution in [3.8, 4) is 11.4 Å². The third-order valence-corrected chi connectivity index (χ3v) is 6.72. The van der Waals surface area contributed by atoms with E-state index in [1.165, 1.54) is 0 Å². The molecule has 2 fully saturated rings. The van der Waals surface area contributed by atoms with E-state index in [1.807, 2.05) is 9.62 Å². The average molecular weight is 481 g/mol. The monoisotopic (exact) mass is 481 g/mol. The van der Waals surface area contributed by atoms with E-state index < -0.39 is 30.0 Å². The maximum atomic E-state index is 14.6. The van der Waals surface area contributed by atoms with Crippen molar-refractivity contribution in [1.29, 1.82) is 0 Å². The van der Waals surface area contributed by atoms with Gasteiger partial charge >= 0.3 is 6.18 Å². The number of nitrogens with one attached hydrogen (secondary N) is 3. The number of hydrogen-bond acceptors (Lipinski definition) is 7. The molecule has 5 rings (SSSR count). The van der Waals surface area contributed by atoms with E-state index in [0.29, 0.717) is 16.5 Å². The Labute approximate surface area is 189 Å². The first-order valence-corrected chi connectivity index (χ1v) is 11.1. The normalized spacial score (nSPS) is 18.2. The minimum atomic E-state index is -4.56. The molecule has 4 heterocycles. The van der Waals surface area contributed by atoms with E-state index in [4.69, 9.17) is 0 Å². The standard InChI is InChI=1S/C20H19F4N7OS/c21-14-7-27-16(13-6-26-15-12(13)2-1-5-25-15)29-17(14)30-19(18(32)28-8-20(22,23)24)9-31(10-19)33-11-3-4-11/h1-2,5-7,11H,3-4,8-10H2,(H,25,26)(H,28,32)(H,27,29,30). The van der Waals surface area contributed by atoms with Crippen LogP contribution in [0.4, 0.5) is 23.4 Å². The summed E-state index contributed by atoms with van der Waals surface area (Å²) >= 11 is 1.57. The lowest BCUT2D eigenvalue weighted by Gasteiger charge is -2.48. The van der Waals surface area contributed by atoms with Crippen molar-refractivity contribution in [2.24, 2.45) is 0 Å². The fraction of sp³-hybridized carbons (Fsp3) is 0.400. The Morgan fingerprint density at radius 2 is 2.09 bits per heavy atom. The van der Waals surface area contributed by atoms with Gasteiger partial charge in [-0.15, -0.1) is 0 Å². The van der Waals surface area contributed by atoms with Crippen molar-refractivity contribution in [3.63, 3.8) is 0 Å². The molecule has 1 saturated heterocycles. The van der Waals surface area contributed by atoms with E-state index in [1.54, 1.807) is 36.5 Å². The maximum absolute atomic E-state index is 14.6. The zero-order valence-corrected chi connectivity index (χ0v) is 17.9. The van der Waals surface area contributed by atoms with Crippen LogP contribution in [0.25, 0.3) is 22.4 Å². The Balaban J connectivity index is 1.41. The van der Waals surface area contributed by atoms with Crippen molar-refractivity contribution >= 4 is 34.7 Å². The first kappa shape index (κ1) is 21.9. The van der Waals surface area contributed by atoms with Gasteiger partial charge in [0.15, 0.2) is 17.5 Å². The number of carbonyl (C=O) groups is 1. The number of alkyl halides is 3. The Hall–Kier alpha value is -2.93. The summed E-state index contributed by atoms with van der Waals surface area (Å²) in [5, 5.41) is 5.89. The van der Waals surface area contributed by atoms with Crippen molar-refractivity contribution in [1.82, 2.24) is 29.6 Å². The van der Waals surface area contributed by atoms with E-state index in [9.17, 15) is 22.4 Å². The molecule has 0 unspecified atom stereocenters. The molecular formula is C20H19F4N7OS. The second kappa shape index (κ2) is 8.13. The Kier molecular flexibility index (Phi) is 5.40. The van der Waals surface area contributed by atoms with E-state index in [2.05, 4.69) is 25.3 Å². The zero-order chi connectivity index (χ0) is 23.2. The zero-order valence-electron chi connectivity index (χ0n) is 17.1. The van der Waals surface area contributed by atoms with Crippen LogP contribution in [0.1, 0.15) is 12.8 Å². The van der Waals surface area contributed by atoms with E-state index in [-0.39, 0.29) is 24.7 Å². The first-order valence-electron chi connectivity index (χ1n) is 10.2. The number of pyridine rings is 1. The van der Waals surface area contributed by atoms with Gasteiger partial charge in [-0.1, -0.05) is 11.9 Å². The van der Waals surface area contributed by atoms with Gasteiger partial charge in [-0.05, 0) is 25.0 Å². The number of amides is 1. The number of anilines is 1. The van der Waals surface area contributed by atoms with Gasteiger partial charge in [0.1, 0.15) is 17.7 Å². The van der Waals surface area contributed by atoms with Gasteiger partial charge in [-0.3, -0.25) is 4.79 Å². The van der Waals surface area contributed by atoms with Crippen molar-refractivity contribution in [2.45, 2.75) is 29.8 Å². The molecule has 1 saturated carbocycles. The lowest BCUT2D eigenvalue weighted by atomic mass is 9.91. The van der Waals surface area contributed by atoms with E-state index in [0.717, 1.165) is 24.4 Å². The third kappa shape index (κ3) is 4.60. The SMILES string of the molecule is O=C(NCC(F)(F)F)C1(Nc2nc(-c3c[nH]c4ncccc34)ncc2F)CN(SC2CC2)C1. The summed E-state index contributed by atoms with van der Waals surface area (Å²) in [7, 11) is 0. The highest BCUT2D eigenvalue weighted by atomic mass is 32.2. The quantitative estimate of drug-likeness (QED) is 0.352. The number of nitrogens with zero attached hydrogens (tertiary/aromatic N) is 4. The number of rotatable bonds is 7. The van der Waals surface area contributed by atoms with Crippen LogP contribution in [-0.2, 0) is 4.79 Å². The summed E-state index contributed by atoms with van der Waals surface area (Å²) in [5.74, 6) is -1.74. The molecule has 3 aromatic heterocycles. The third-order valence-electron chi connectivity index (χ3n) is 5.39. The van der Waals surface area contributed by atoms with E-state index >= 15 is 0 Å². The van der Waals surface area contributed by atoms with Gasteiger partial charge in [0.25, 0.3) is 0 Å². The number of H-pyrrole nitrogens is 1. The molecular weight excluding hydrogens is 462 g/mol. The number of hydrogen-bond donors (Lipinski definition) is 3. The van der Waals surface area contributed by atoms with Gasteiger partial charge in [-0.2, -0.15) is 13.2 Å². The molecule has 0 aromatic carbocycles. The van der Waals surface area contributed by atoms with Gasteiger partial charge in [0.05, 0.1) is 6.20 Å². The number of aromatic nitrogens is 4. The van der Waals surface area contributed by atoms with Crippen molar-refractivity contribution < 1.29 is 22.4 Å². The molecule has 174 valence electrons. The highest BCUT2D eigenvalue weighted by molar-refractivity contribution is 7.97. The molecule has 0 radical (unpaired) electrons. The predicted molar refractivity (Wildman–Crippen MR) is 115 cm³/mol. The molecule has 2 aliphatic rings.